The second-order valence-electron chi connectivity index (χ2n) is 7.15. The predicted octanol–water partition coefficient (Wildman–Crippen LogP) is 3.09. The Kier molecular flexibility index (Phi) is 5.09. The van der Waals surface area contributed by atoms with E-state index in [1.165, 1.54) is 0 Å². The van der Waals surface area contributed by atoms with Crippen LogP contribution in [-0.2, 0) is 15.1 Å². The molecule has 0 radical (unpaired) electrons. The van der Waals surface area contributed by atoms with Gasteiger partial charge in [-0.2, -0.15) is 0 Å². The van der Waals surface area contributed by atoms with Crippen molar-refractivity contribution in [3.05, 3.63) is 65.7 Å². The molecule has 2 aromatic rings. The lowest BCUT2D eigenvalue weighted by Crippen LogP contribution is -2.49. The largest absolute Gasteiger partial charge is 0.348 e. The lowest BCUT2D eigenvalue weighted by atomic mass is 9.91. The SMILES string of the molecule is CC(NC(=O)C(C)(N)c1ccccc1)c1ccc(NC(=O)C2CC2)cc1. The van der Waals surface area contributed by atoms with Crippen molar-refractivity contribution >= 4 is 17.5 Å². The van der Waals surface area contributed by atoms with E-state index in [2.05, 4.69) is 10.6 Å². The molecule has 26 heavy (non-hydrogen) atoms. The molecular weight excluding hydrogens is 326 g/mol. The second-order valence-corrected chi connectivity index (χ2v) is 7.15. The van der Waals surface area contributed by atoms with Crippen LogP contribution in [-0.4, -0.2) is 11.8 Å². The average molecular weight is 351 g/mol. The zero-order valence-electron chi connectivity index (χ0n) is 15.2. The molecule has 3 rings (SSSR count). The molecule has 1 aliphatic rings. The van der Waals surface area contributed by atoms with Crippen LogP contribution in [0.25, 0.3) is 0 Å². The van der Waals surface area contributed by atoms with Gasteiger partial charge in [-0.05, 0) is 49.9 Å². The number of rotatable bonds is 6. The number of carbonyl (C=O) groups is 2. The van der Waals surface area contributed by atoms with Crippen LogP contribution in [0.1, 0.15) is 43.9 Å². The Bertz CT molecular complexity index is 781. The topological polar surface area (TPSA) is 84.2 Å². The predicted molar refractivity (Wildman–Crippen MR) is 102 cm³/mol. The number of anilines is 1. The van der Waals surface area contributed by atoms with Gasteiger partial charge in [0.2, 0.25) is 11.8 Å². The van der Waals surface area contributed by atoms with Crippen LogP contribution < -0.4 is 16.4 Å². The number of nitrogens with two attached hydrogens (primary N) is 1. The van der Waals surface area contributed by atoms with Crippen LogP contribution in [0, 0.1) is 5.92 Å². The highest BCUT2D eigenvalue weighted by molar-refractivity contribution is 5.94. The minimum absolute atomic E-state index is 0.0841. The third-order valence-electron chi connectivity index (χ3n) is 4.82. The molecule has 1 saturated carbocycles. The number of benzene rings is 2. The van der Waals surface area contributed by atoms with Gasteiger partial charge in [0.25, 0.3) is 0 Å². The fourth-order valence-corrected chi connectivity index (χ4v) is 2.79. The van der Waals surface area contributed by atoms with E-state index in [4.69, 9.17) is 5.73 Å². The third-order valence-corrected chi connectivity index (χ3v) is 4.82. The van der Waals surface area contributed by atoms with E-state index in [1.807, 2.05) is 61.5 Å². The summed E-state index contributed by atoms with van der Waals surface area (Å²) in [6.07, 6.45) is 1.96. The zero-order valence-corrected chi connectivity index (χ0v) is 15.2. The summed E-state index contributed by atoms with van der Waals surface area (Å²) in [5.41, 5.74) is 7.65. The third kappa shape index (κ3) is 4.11. The summed E-state index contributed by atoms with van der Waals surface area (Å²) in [5.74, 6) is 0.0243. The molecule has 0 saturated heterocycles. The quantitative estimate of drug-likeness (QED) is 0.748. The number of amides is 2. The van der Waals surface area contributed by atoms with Crippen molar-refractivity contribution in [1.29, 1.82) is 0 Å². The zero-order chi connectivity index (χ0) is 18.7. The normalized spacial score (nSPS) is 17.0. The molecule has 0 spiro atoms. The molecule has 4 N–H and O–H groups in total. The van der Waals surface area contributed by atoms with Crippen LogP contribution in [0.15, 0.2) is 54.6 Å². The van der Waals surface area contributed by atoms with E-state index >= 15 is 0 Å². The van der Waals surface area contributed by atoms with Crippen molar-refractivity contribution in [2.45, 2.75) is 38.3 Å². The van der Waals surface area contributed by atoms with Gasteiger partial charge in [-0.3, -0.25) is 9.59 Å². The summed E-state index contributed by atoms with van der Waals surface area (Å²) in [6.45, 7) is 3.62. The van der Waals surface area contributed by atoms with Crippen LogP contribution in [0.2, 0.25) is 0 Å². The first kappa shape index (κ1) is 18.1. The number of carbonyl (C=O) groups excluding carboxylic acids is 2. The Morgan fingerprint density at radius 1 is 1.08 bits per heavy atom. The first-order valence-electron chi connectivity index (χ1n) is 8.94. The molecule has 2 unspecified atom stereocenters. The van der Waals surface area contributed by atoms with Gasteiger partial charge in [-0.25, -0.2) is 0 Å². The molecule has 0 bridgehead atoms. The summed E-state index contributed by atoms with van der Waals surface area (Å²) in [4.78, 5) is 24.5. The molecule has 2 atom stereocenters. The molecule has 1 fully saturated rings. The van der Waals surface area contributed by atoms with Gasteiger partial charge in [0.1, 0.15) is 5.54 Å². The Morgan fingerprint density at radius 3 is 2.27 bits per heavy atom. The molecule has 5 nitrogen and oxygen atoms in total. The molecule has 5 heteroatoms. The Hall–Kier alpha value is -2.66. The summed E-state index contributed by atoms with van der Waals surface area (Å²) in [6, 6.07) is 16.7. The number of nitrogens with one attached hydrogen (secondary N) is 2. The fourth-order valence-electron chi connectivity index (χ4n) is 2.79. The average Bonchev–Trinajstić information content (AvgIpc) is 3.48. The fraction of sp³-hybridized carbons (Fsp3) is 0.333. The van der Waals surface area contributed by atoms with E-state index in [0.29, 0.717) is 0 Å². The highest BCUT2D eigenvalue weighted by Gasteiger charge is 2.31. The van der Waals surface area contributed by atoms with Gasteiger partial charge in [0.05, 0.1) is 6.04 Å². The molecule has 0 aliphatic heterocycles. The van der Waals surface area contributed by atoms with Gasteiger partial charge in [-0.1, -0.05) is 42.5 Å². The van der Waals surface area contributed by atoms with Crippen LogP contribution in [0.3, 0.4) is 0 Å². The van der Waals surface area contributed by atoms with E-state index in [1.54, 1.807) is 6.92 Å². The summed E-state index contributed by atoms with van der Waals surface area (Å²) < 4.78 is 0. The van der Waals surface area contributed by atoms with Crippen molar-refractivity contribution in [3.8, 4) is 0 Å². The van der Waals surface area contributed by atoms with E-state index < -0.39 is 5.54 Å². The molecule has 0 heterocycles. The summed E-state index contributed by atoms with van der Waals surface area (Å²) in [7, 11) is 0. The van der Waals surface area contributed by atoms with E-state index in [9.17, 15) is 9.59 Å². The first-order chi connectivity index (χ1) is 12.4. The first-order valence-corrected chi connectivity index (χ1v) is 8.94. The van der Waals surface area contributed by atoms with Crippen molar-refractivity contribution < 1.29 is 9.59 Å². The van der Waals surface area contributed by atoms with Crippen LogP contribution >= 0.6 is 0 Å². The Labute approximate surface area is 154 Å². The maximum absolute atomic E-state index is 12.7. The molecule has 2 aromatic carbocycles. The molecule has 0 aromatic heterocycles. The van der Waals surface area contributed by atoms with Crippen LogP contribution in [0.5, 0.6) is 0 Å². The van der Waals surface area contributed by atoms with Gasteiger partial charge < -0.3 is 16.4 Å². The highest BCUT2D eigenvalue weighted by Crippen LogP contribution is 2.30. The Morgan fingerprint density at radius 2 is 1.69 bits per heavy atom. The van der Waals surface area contributed by atoms with Crippen molar-refractivity contribution in [1.82, 2.24) is 5.32 Å². The standard InChI is InChI=1S/C21H25N3O2/c1-14(23-20(26)21(2,22)17-6-4-3-5-7-17)15-10-12-18(13-11-15)24-19(25)16-8-9-16/h3-7,10-14,16H,8-9,22H2,1-2H3,(H,23,26)(H,24,25). The molecule has 1 aliphatic carbocycles. The lowest BCUT2D eigenvalue weighted by molar-refractivity contribution is -0.126. The number of hydrogen-bond donors (Lipinski definition) is 3. The maximum Gasteiger partial charge on any atom is 0.244 e. The minimum atomic E-state index is -1.10. The monoisotopic (exact) mass is 351 g/mol. The Balaban J connectivity index is 1.62. The van der Waals surface area contributed by atoms with Crippen molar-refractivity contribution in [3.63, 3.8) is 0 Å². The van der Waals surface area contributed by atoms with Gasteiger partial charge in [0, 0.05) is 11.6 Å². The van der Waals surface area contributed by atoms with E-state index in [-0.39, 0.29) is 23.8 Å². The highest BCUT2D eigenvalue weighted by atomic mass is 16.2. The smallest absolute Gasteiger partial charge is 0.244 e. The molecular formula is C21H25N3O2. The summed E-state index contributed by atoms with van der Waals surface area (Å²) >= 11 is 0. The maximum atomic E-state index is 12.7. The van der Waals surface area contributed by atoms with Crippen LogP contribution in [0.4, 0.5) is 5.69 Å². The van der Waals surface area contributed by atoms with Gasteiger partial charge in [-0.15, -0.1) is 0 Å². The van der Waals surface area contributed by atoms with Crippen molar-refractivity contribution in [2.75, 3.05) is 5.32 Å². The van der Waals surface area contributed by atoms with Crippen molar-refractivity contribution in [2.24, 2.45) is 11.7 Å². The lowest BCUT2D eigenvalue weighted by Gasteiger charge is -2.26. The molecule has 136 valence electrons. The van der Waals surface area contributed by atoms with Gasteiger partial charge >= 0.3 is 0 Å². The minimum Gasteiger partial charge on any atom is -0.348 e. The molecule has 2 amide bonds. The summed E-state index contributed by atoms with van der Waals surface area (Å²) in [5, 5.41) is 5.88. The van der Waals surface area contributed by atoms with E-state index in [0.717, 1.165) is 29.7 Å². The number of hydrogen-bond acceptors (Lipinski definition) is 3. The van der Waals surface area contributed by atoms with Gasteiger partial charge in [0.15, 0.2) is 0 Å². The second kappa shape index (κ2) is 7.30.